The topological polar surface area (TPSA) is 69.3 Å². The summed E-state index contributed by atoms with van der Waals surface area (Å²) in [5, 5.41) is 1.42. The summed E-state index contributed by atoms with van der Waals surface area (Å²) >= 11 is 3.09. The van der Waals surface area contributed by atoms with Crippen molar-refractivity contribution in [2.24, 2.45) is 0 Å². The highest BCUT2D eigenvalue weighted by Gasteiger charge is 2.22. The number of thioether (sulfide) groups is 1. The minimum Gasteiger partial charge on any atom is -0.283 e. The van der Waals surface area contributed by atoms with E-state index in [0.29, 0.717) is 28.8 Å². The lowest BCUT2D eigenvalue weighted by Gasteiger charge is -2.12. The first kappa shape index (κ1) is 20.2. The summed E-state index contributed by atoms with van der Waals surface area (Å²) in [6, 6.07) is 5.33. The van der Waals surface area contributed by atoms with Crippen LogP contribution in [0, 0.1) is 6.92 Å². The zero-order valence-electron chi connectivity index (χ0n) is 17.3. The van der Waals surface area contributed by atoms with E-state index >= 15 is 0 Å². The van der Waals surface area contributed by atoms with Gasteiger partial charge in [-0.15, -0.1) is 17.9 Å². The number of rotatable bonds is 5. The van der Waals surface area contributed by atoms with Gasteiger partial charge in [0.05, 0.1) is 11.1 Å². The van der Waals surface area contributed by atoms with Crippen LogP contribution >= 0.6 is 23.1 Å². The Morgan fingerprint density at radius 1 is 1.23 bits per heavy atom. The van der Waals surface area contributed by atoms with Crippen LogP contribution in [0.2, 0.25) is 0 Å². The minimum absolute atomic E-state index is 0.00830. The Morgan fingerprint density at radius 3 is 2.90 bits per heavy atom. The molecule has 0 amide bonds. The molecule has 0 radical (unpaired) electrons. The van der Waals surface area contributed by atoms with E-state index in [-0.39, 0.29) is 11.1 Å². The monoisotopic (exact) mass is 450 g/mol. The summed E-state index contributed by atoms with van der Waals surface area (Å²) in [6.45, 7) is 6.19. The Morgan fingerprint density at radius 2 is 2.06 bits per heavy atom. The van der Waals surface area contributed by atoms with Crippen molar-refractivity contribution in [2.75, 3.05) is 0 Å². The van der Waals surface area contributed by atoms with E-state index in [0.717, 1.165) is 35.0 Å². The van der Waals surface area contributed by atoms with Crippen LogP contribution in [0.1, 0.15) is 34.5 Å². The fourth-order valence-corrected chi connectivity index (χ4v) is 6.29. The van der Waals surface area contributed by atoms with Crippen LogP contribution in [0.25, 0.3) is 15.9 Å². The molecule has 0 saturated heterocycles. The maximum Gasteiger partial charge on any atom is 0.263 e. The first-order valence-corrected chi connectivity index (χ1v) is 12.1. The summed E-state index contributed by atoms with van der Waals surface area (Å²) in [5.74, 6) is 0.458. The zero-order chi connectivity index (χ0) is 21.5. The average Bonchev–Trinajstić information content (AvgIpc) is 3.12. The number of aromatic nitrogens is 4. The van der Waals surface area contributed by atoms with Gasteiger partial charge in [0, 0.05) is 29.4 Å². The normalized spacial score (nSPS) is 13.6. The van der Waals surface area contributed by atoms with Gasteiger partial charge in [-0.25, -0.2) is 9.97 Å². The lowest BCUT2D eigenvalue weighted by Crippen LogP contribution is -2.23. The van der Waals surface area contributed by atoms with Gasteiger partial charge in [-0.2, -0.15) is 0 Å². The molecule has 0 aliphatic heterocycles. The molecule has 0 fully saturated rings. The number of allylic oxidation sites excluding steroid dienone is 1. The Balaban J connectivity index is 1.55. The van der Waals surface area contributed by atoms with Gasteiger partial charge < -0.3 is 0 Å². The van der Waals surface area contributed by atoms with E-state index in [4.69, 9.17) is 4.98 Å². The van der Waals surface area contributed by atoms with Crippen molar-refractivity contribution in [1.29, 1.82) is 0 Å². The van der Waals surface area contributed by atoms with Crippen molar-refractivity contribution >= 4 is 39.0 Å². The largest absolute Gasteiger partial charge is 0.283 e. The molecule has 0 aromatic carbocycles. The smallest absolute Gasteiger partial charge is 0.263 e. The molecule has 0 spiro atoms. The SMILES string of the molecule is C=CCn1c(SCc2cc(=O)n3ccc(C)cc3n2)nc2sc3c(c2c1=O)CCCC3. The fourth-order valence-electron chi connectivity index (χ4n) is 4.09. The molecule has 0 N–H and O–H groups in total. The first-order valence-electron chi connectivity index (χ1n) is 10.3. The van der Waals surface area contributed by atoms with Crippen LogP contribution in [-0.2, 0) is 25.1 Å². The van der Waals surface area contributed by atoms with Crippen LogP contribution in [0.4, 0.5) is 0 Å². The molecule has 0 bridgehead atoms. The molecular formula is C23H22N4O2S2. The Hall–Kier alpha value is -2.71. The quantitative estimate of drug-likeness (QED) is 0.260. The van der Waals surface area contributed by atoms with Gasteiger partial charge in [0.1, 0.15) is 10.5 Å². The van der Waals surface area contributed by atoms with Crippen molar-refractivity contribution in [3.63, 3.8) is 0 Å². The fraction of sp³-hybridized carbons (Fsp3) is 0.304. The lowest BCUT2D eigenvalue weighted by molar-refractivity contribution is 0.668. The molecule has 1 aliphatic rings. The van der Waals surface area contributed by atoms with E-state index in [1.54, 1.807) is 34.2 Å². The number of nitrogens with zero attached hydrogens (tertiary/aromatic N) is 4. The maximum atomic E-state index is 13.3. The number of hydrogen-bond donors (Lipinski definition) is 0. The predicted molar refractivity (Wildman–Crippen MR) is 126 cm³/mol. The molecular weight excluding hydrogens is 428 g/mol. The van der Waals surface area contributed by atoms with Crippen LogP contribution < -0.4 is 11.1 Å². The molecule has 6 nitrogen and oxygen atoms in total. The molecule has 1 aliphatic carbocycles. The van der Waals surface area contributed by atoms with Gasteiger partial charge >= 0.3 is 0 Å². The second kappa shape index (κ2) is 8.09. The molecule has 0 unspecified atom stereocenters. The molecule has 8 heteroatoms. The molecule has 4 aromatic heterocycles. The maximum absolute atomic E-state index is 13.3. The minimum atomic E-state index is -0.113. The molecule has 4 heterocycles. The second-order valence-corrected chi connectivity index (χ2v) is 9.82. The summed E-state index contributed by atoms with van der Waals surface area (Å²) in [5.41, 5.74) is 3.43. The number of hydrogen-bond acceptors (Lipinski definition) is 6. The number of aryl methyl sites for hydroxylation is 3. The third-order valence-electron chi connectivity index (χ3n) is 5.58. The van der Waals surface area contributed by atoms with E-state index in [2.05, 4.69) is 11.6 Å². The third-order valence-corrected chi connectivity index (χ3v) is 7.77. The van der Waals surface area contributed by atoms with Crippen molar-refractivity contribution in [3.8, 4) is 0 Å². The lowest BCUT2D eigenvalue weighted by atomic mass is 9.97. The van der Waals surface area contributed by atoms with Crippen LogP contribution in [0.5, 0.6) is 0 Å². The Kier molecular flexibility index (Phi) is 5.27. The van der Waals surface area contributed by atoms with Gasteiger partial charge in [-0.3, -0.25) is 18.6 Å². The van der Waals surface area contributed by atoms with Gasteiger partial charge in [0.15, 0.2) is 5.16 Å². The summed E-state index contributed by atoms with van der Waals surface area (Å²) in [4.78, 5) is 37.4. The zero-order valence-corrected chi connectivity index (χ0v) is 18.9. The standard InChI is InChI=1S/C23H22N4O2S2/c1-3-9-27-22(29)20-16-6-4-5-7-17(16)31-21(20)25-23(27)30-13-15-12-19(28)26-10-8-14(2)11-18(26)24-15/h3,8,10-12H,1,4-7,9,13H2,2H3. The van der Waals surface area contributed by atoms with Crippen LogP contribution in [0.3, 0.4) is 0 Å². The number of pyridine rings is 1. The van der Waals surface area contributed by atoms with Gasteiger partial charge in [-0.1, -0.05) is 17.8 Å². The van der Waals surface area contributed by atoms with Crippen molar-refractivity contribution in [2.45, 2.75) is 50.1 Å². The Labute approximate surface area is 187 Å². The van der Waals surface area contributed by atoms with E-state index in [1.165, 1.54) is 33.0 Å². The first-order chi connectivity index (χ1) is 15.0. The molecule has 5 rings (SSSR count). The van der Waals surface area contributed by atoms with E-state index in [9.17, 15) is 9.59 Å². The van der Waals surface area contributed by atoms with E-state index < -0.39 is 0 Å². The second-order valence-electron chi connectivity index (χ2n) is 7.80. The third kappa shape index (κ3) is 3.64. The van der Waals surface area contributed by atoms with Crippen LogP contribution in [0.15, 0.2) is 51.8 Å². The van der Waals surface area contributed by atoms with E-state index in [1.807, 2.05) is 19.1 Å². The number of fused-ring (bicyclic) bond motifs is 4. The summed E-state index contributed by atoms with van der Waals surface area (Å²) < 4.78 is 3.23. The summed E-state index contributed by atoms with van der Waals surface area (Å²) in [6.07, 6.45) is 7.75. The molecule has 0 atom stereocenters. The summed E-state index contributed by atoms with van der Waals surface area (Å²) in [7, 11) is 0. The van der Waals surface area contributed by atoms with Gasteiger partial charge in [0.25, 0.3) is 11.1 Å². The van der Waals surface area contributed by atoms with Crippen molar-refractivity contribution in [1.82, 2.24) is 18.9 Å². The molecule has 158 valence electrons. The van der Waals surface area contributed by atoms with Crippen molar-refractivity contribution in [3.05, 3.63) is 79.5 Å². The highest BCUT2D eigenvalue weighted by molar-refractivity contribution is 7.98. The van der Waals surface area contributed by atoms with Crippen LogP contribution in [-0.4, -0.2) is 18.9 Å². The van der Waals surface area contributed by atoms with Gasteiger partial charge in [-0.05, 0) is 55.9 Å². The molecule has 0 saturated carbocycles. The Bertz CT molecular complexity index is 1450. The molecule has 4 aromatic rings. The molecule has 31 heavy (non-hydrogen) atoms. The average molecular weight is 451 g/mol. The van der Waals surface area contributed by atoms with Crippen molar-refractivity contribution < 1.29 is 0 Å². The highest BCUT2D eigenvalue weighted by Crippen LogP contribution is 2.35. The number of thiophene rings is 1. The van der Waals surface area contributed by atoms with Gasteiger partial charge in [0.2, 0.25) is 0 Å². The predicted octanol–water partition coefficient (Wildman–Crippen LogP) is 4.13. The highest BCUT2D eigenvalue weighted by atomic mass is 32.2.